The summed E-state index contributed by atoms with van der Waals surface area (Å²) in [6.45, 7) is 4.62. The Bertz CT molecular complexity index is 1050. The molecule has 0 spiro atoms. The van der Waals surface area contributed by atoms with Gasteiger partial charge in [0, 0.05) is 5.69 Å². The van der Waals surface area contributed by atoms with E-state index in [1.54, 1.807) is 57.2 Å². The molecule has 2 aromatic rings. The van der Waals surface area contributed by atoms with E-state index >= 15 is 0 Å². The summed E-state index contributed by atoms with van der Waals surface area (Å²) in [4.78, 5) is 50.7. The fourth-order valence-corrected chi connectivity index (χ4v) is 3.29. The number of amides is 4. The molecule has 1 heterocycles. The van der Waals surface area contributed by atoms with Crippen molar-refractivity contribution in [3.05, 3.63) is 59.7 Å². The molecule has 4 amide bonds. The van der Waals surface area contributed by atoms with E-state index in [-0.39, 0.29) is 6.10 Å². The maximum atomic E-state index is 13.0. The zero-order valence-corrected chi connectivity index (χ0v) is 18.3. The molecule has 9 nitrogen and oxygen atoms in total. The van der Waals surface area contributed by atoms with Gasteiger partial charge in [0.1, 0.15) is 17.8 Å². The number of hydrogen-bond donors (Lipinski definition) is 2. The number of benzene rings is 2. The molecule has 1 atom stereocenters. The number of urea groups is 1. The number of nitrogens with zero attached hydrogens (tertiary/aromatic N) is 1. The van der Waals surface area contributed by atoms with E-state index in [0.717, 1.165) is 4.90 Å². The molecule has 1 aliphatic heterocycles. The largest absolute Gasteiger partial charge is 0.497 e. The molecule has 1 saturated heterocycles. The molecule has 1 fully saturated rings. The highest BCUT2D eigenvalue weighted by atomic mass is 16.5. The van der Waals surface area contributed by atoms with E-state index in [1.165, 1.54) is 19.2 Å². The second-order valence-electron chi connectivity index (χ2n) is 7.76. The van der Waals surface area contributed by atoms with Gasteiger partial charge in [-0.05, 0) is 62.7 Å². The second-order valence-corrected chi connectivity index (χ2v) is 7.76. The lowest BCUT2D eigenvalue weighted by Gasteiger charge is -2.22. The van der Waals surface area contributed by atoms with Crippen molar-refractivity contribution in [2.24, 2.45) is 0 Å². The molecule has 0 radical (unpaired) electrons. The molecule has 2 N–H and O–H groups in total. The molecule has 0 aliphatic carbocycles. The van der Waals surface area contributed by atoms with Crippen LogP contribution in [-0.4, -0.2) is 48.5 Å². The minimum absolute atomic E-state index is 0.242. The van der Waals surface area contributed by atoms with E-state index in [9.17, 15) is 19.2 Å². The van der Waals surface area contributed by atoms with Gasteiger partial charge in [-0.2, -0.15) is 0 Å². The number of anilines is 1. The predicted octanol–water partition coefficient (Wildman–Crippen LogP) is 2.67. The third kappa shape index (κ3) is 4.72. The van der Waals surface area contributed by atoms with Crippen LogP contribution in [0, 0.1) is 0 Å². The summed E-state index contributed by atoms with van der Waals surface area (Å²) in [6, 6.07) is 12.3. The van der Waals surface area contributed by atoms with Gasteiger partial charge < -0.3 is 20.1 Å². The SMILES string of the molecule is COc1cccc([C@@]2(C)NC(=O)N(CC(=O)Nc3ccc(C(=O)OC(C)C)cc3)C2=O)c1. The van der Waals surface area contributed by atoms with E-state index in [0.29, 0.717) is 22.6 Å². The number of methoxy groups -OCH3 is 1. The molecular weight excluding hydrogens is 414 g/mol. The lowest BCUT2D eigenvalue weighted by molar-refractivity contribution is -0.133. The van der Waals surface area contributed by atoms with Crippen LogP contribution in [0.1, 0.15) is 36.7 Å². The first-order valence-corrected chi connectivity index (χ1v) is 10.0. The summed E-state index contributed by atoms with van der Waals surface area (Å²) in [7, 11) is 1.51. The fraction of sp³-hybridized carbons (Fsp3) is 0.304. The Balaban J connectivity index is 1.67. The van der Waals surface area contributed by atoms with Gasteiger partial charge in [0.15, 0.2) is 0 Å². The number of ether oxygens (including phenoxy) is 2. The summed E-state index contributed by atoms with van der Waals surface area (Å²) in [5.74, 6) is -1.02. The van der Waals surface area contributed by atoms with Crippen molar-refractivity contribution in [2.75, 3.05) is 19.0 Å². The Morgan fingerprint density at radius 1 is 1.12 bits per heavy atom. The number of carbonyl (C=O) groups is 4. The highest BCUT2D eigenvalue weighted by Gasteiger charge is 2.49. The minimum Gasteiger partial charge on any atom is -0.497 e. The molecule has 0 bridgehead atoms. The van der Waals surface area contributed by atoms with Gasteiger partial charge in [-0.3, -0.25) is 14.5 Å². The first kappa shape index (κ1) is 22.8. The summed E-state index contributed by atoms with van der Waals surface area (Å²) < 4.78 is 10.3. The number of carbonyl (C=O) groups excluding carboxylic acids is 4. The molecule has 168 valence electrons. The van der Waals surface area contributed by atoms with Crippen LogP contribution >= 0.6 is 0 Å². The standard InChI is InChI=1S/C23H25N3O6/c1-14(2)32-20(28)15-8-10-17(11-9-15)24-19(27)13-26-21(29)23(3,25-22(26)30)16-6-5-7-18(12-16)31-4/h5-12,14H,13H2,1-4H3,(H,24,27)(H,25,30)/t23-/m1/s1. The zero-order valence-electron chi connectivity index (χ0n) is 18.3. The Hall–Kier alpha value is -3.88. The van der Waals surface area contributed by atoms with Crippen molar-refractivity contribution >= 4 is 29.5 Å². The van der Waals surface area contributed by atoms with Crippen molar-refractivity contribution in [3.63, 3.8) is 0 Å². The van der Waals surface area contributed by atoms with E-state index in [2.05, 4.69) is 10.6 Å². The van der Waals surface area contributed by atoms with Crippen LogP contribution in [-0.2, 0) is 19.9 Å². The molecule has 2 aromatic carbocycles. The topological polar surface area (TPSA) is 114 Å². The van der Waals surface area contributed by atoms with Crippen LogP contribution in [0.2, 0.25) is 0 Å². The number of esters is 1. The van der Waals surface area contributed by atoms with Crippen molar-refractivity contribution in [2.45, 2.75) is 32.4 Å². The minimum atomic E-state index is -1.32. The molecule has 9 heteroatoms. The van der Waals surface area contributed by atoms with Crippen LogP contribution < -0.4 is 15.4 Å². The molecule has 32 heavy (non-hydrogen) atoms. The maximum Gasteiger partial charge on any atom is 0.338 e. The molecule has 1 aliphatic rings. The van der Waals surface area contributed by atoms with Gasteiger partial charge >= 0.3 is 12.0 Å². The zero-order chi connectivity index (χ0) is 23.5. The Labute approximate surface area is 185 Å². The molecule has 0 unspecified atom stereocenters. The number of nitrogens with one attached hydrogen (secondary N) is 2. The van der Waals surface area contributed by atoms with E-state index < -0.39 is 35.9 Å². The number of rotatable bonds is 7. The van der Waals surface area contributed by atoms with Crippen LogP contribution in [0.4, 0.5) is 10.5 Å². The number of imide groups is 1. The summed E-state index contributed by atoms with van der Waals surface area (Å²) in [5, 5.41) is 5.27. The maximum absolute atomic E-state index is 13.0. The molecular formula is C23H25N3O6. The van der Waals surface area contributed by atoms with Crippen LogP contribution in [0.3, 0.4) is 0 Å². The average Bonchev–Trinajstić information content (AvgIpc) is 2.97. The van der Waals surface area contributed by atoms with Crippen LogP contribution in [0.25, 0.3) is 0 Å². The summed E-state index contributed by atoms with van der Waals surface area (Å²) in [6.07, 6.45) is -0.242. The van der Waals surface area contributed by atoms with Crippen LogP contribution in [0.15, 0.2) is 48.5 Å². The lowest BCUT2D eigenvalue weighted by Crippen LogP contribution is -2.42. The predicted molar refractivity (Wildman–Crippen MR) is 116 cm³/mol. The first-order valence-electron chi connectivity index (χ1n) is 10.0. The second kappa shape index (κ2) is 9.09. The van der Waals surface area contributed by atoms with E-state index in [4.69, 9.17) is 9.47 Å². The van der Waals surface area contributed by atoms with Gasteiger partial charge in [-0.1, -0.05) is 12.1 Å². The van der Waals surface area contributed by atoms with Crippen molar-refractivity contribution < 1.29 is 28.7 Å². The molecule has 0 saturated carbocycles. The average molecular weight is 439 g/mol. The lowest BCUT2D eigenvalue weighted by atomic mass is 9.92. The highest BCUT2D eigenvalue weighted by molar-refractivity contribution is 6.10. The normalized spacial score (nSPS) is 17.8. The number of hydrogen-bond acceptors (Lipinski definition) is 6. The van der Waals surface area contributed by atoms with Crippen molar-refractivity contribution in [1.29, 1.82) is 0 Å². The summed E-state index contributed by atoms with van der Waals surface area (Å²) in [5.41, 5.74) is -0.00909. The van der Waals surface area contributed by atoms with Gasteiger partial charge in [-0.15, -0.1) is 0 Å². The van der Waals surface area contributed by atoms with Gasteiger partial charge in [0.2, 0.25) is 5.91 Å². The monoisotopic (exact) mass is 439 g/mol. The molecule has 0 aromatic heterocycles. The first-order chi connectivity index (χ1) is 15.1. The van der Waals surface area contributed by atoms with Gasteiger partial charge in [0.05, 0.1) is 18.8 Å². The van der Waals surface area contributed by atoms with E-state index in [1.807, 2.05) is 0 Å². The Morgan fingerprint density at radius 2 is 1.81 bits per heavy atom. The fourth-order valence-electron chi connectivity index (χ4n) is 3.29. The highest BCUT2D eigenvalue weighted by Crippen LogP contribution is 2.30. The van der Waals surface area contributed by atoms with Gasteiger partial charge in [0.25, 0.3) is 5.91 Å². The Morgan fingerprint density at radius 3 is 2.44 bits per heavy atom. The Kier molecular flexibility index (Phi) is 6.47. The quantitative estimate of drug-likeness (QED) is 0.506. The third-order valence-electron chi connectivity index (χ3n) is 4.97. The third-order valence-corrected chi connectivity index (χ3v) is 4.97. The summed E-state index contributed by atoms with van der Waals surface area (Å²) >= 11 is 0. The molecule has 3 rings (SSSR count). The van der Waals surface area contributed by atoms with Crippen molar-refractivity contribution in [3.8, 4) is 5.75 Å². The van der Waals surface area contributed by atoms with Crippen molar-refractivity contribution in [1.82, 2.24) is 10.2 Å². The van der Waals surface area contributed by atoms with Gasteiger partial charge in [-0.25, -0.2) is 9.59 Å². The van der Waals surface area contributed by atoms with Crippen LogP contribution in [0.5, 0.6) is 5.75 Å². The smallest absolute Gasteiger partial charge is 0.338 e.